The Bertz CT molecular complexity index is 893. The first-order chi connectivity index (χ1) is 10.6. The summed E-state index contributed by atoms with van der Waals surface area (Å²) in [4.78, 5) is 3.54. The van der Waals surface area contributed by atoms with Crippen molar-refractivity contribution in [2.24, 2.45) is 10.1 Å². The zero-order valence-corrected chi connectivity index (χ0v) is 15.4. The van der Waals surface area contributed by atoms with Crippen LogP contribution in [0.5, 0.6) is 0 Å². The molecule has 1 heterocycles. The molecular formula is C13H9Cl4N3O2S. The molecule has 0 fully saturated rings. The van der Waals surface area contributed by atoms with Gasteiger partial charge in [0.25, 0.3) is 10.0 Å². The smallest absolute Gasteiger partial charge is 0.285 e. The highest BCUT2D eigenvalue weighted by Gasteiger charge is 2.20. The minimum Gasteiger partial charge on any atom is -0.383 e. The van der Waals surface area contributed by atoms with Crippen LogP contribution in [0.1, 0.15) is 11.1 Å². The molecule has 122 valence electrons. The predicted octanol–water partition coefficient (Wildman–Crippen LogP) is 4.10. The summed E-state index contributed by atoms with van der Waals surface area (Å²) in [5, 5.41) is 0.411. The number of benzene rings is 1. The number of nitrogens with zero attached hydrogens (tertiary/aromatic N) is 2. The van der Waals surface area contributed by atoms with Crippen LogP contribution in [0.15, 0.2) is 33.6 Å². The van der Waals surface area contributed by atoms with E-state index in [1.807, 2.05) is 0 Å². The number of nitrogens with two attached hydrogens (primary N) is 1. The Morgan fingerprint density at radius 3 is 2.17 bits per heavy atom. The monoisotopic (exact) mass is 411 g/mol. The van der Waals surface area contributed by atoms with E-state index < -0.39 is 10.0 Å². The van der Waals surface area contributed by atoms with Crippen LogP contribution in [0.2, 0.25) is 20.4 Å². The number of rotatable bonds is 3. The van der Waals surface area contributed by atoms with Gasteiger partial charge in [0.1, 0.15) is 21.0 Å². The number of amidine groups is 1. The average molecular weight is 413 g/mol. The maximum absolute atomic E-state index is 12.4. The normalized spacial score (nSPS) is 12.5. The summed E-state index contributed by atoms with van der Waals surface area (Å²) in [5.41, 5.74) is 6.49. The minimum atomic E-state index is -4.14. The number of sulfonamides is 1. The van der Waals surface area contributed by atoms with Crippen LogP contribution in [0, 0.1) is 6.92 Å². The highest BCUT2D eigenvalue weighted by atomic mass is 35.5. The maximum Gasteiger partial charge on any atom is 0.285 e. The molecule has 1 aromatic heterocycles. The van der Waals surface area contributed by atoms with Crippen LogP contribution in [0.4, 0.5) is 0 Å². The fraction of sp³-hybridized carbons (Fsp3) is 0.0769. The summed E-state index contributed by atoms with van der Waals surface area (Å²) >= 11 is 23.3. The molecule has 5 nitrogen and oxygen atoms in total. The SMILES string of the molecule is Cc1cc(S(=O)(=O)/N=C(/N)c2cc(Cl)nc(Cl)c2)c(Cl)cc1Cl. The van der Waals surface area contributed by atoms with Gasteiger partial charge in [0.05, 0.1) is 5.02 Å². The molecule has 2 rings (SSSR count). The fourth-order valence-electron chi connectivity index (χ4n) is 1.67. The number of pyridine rings is 1. The van der Waals surface area contributed by atoms with Crippen molar-refractivity contribution in [2.75, 3.05) is 0 Å². The molecule has 23 heavy (non-hydrogen) atoms. The minimum absolute atomic E-state index is 0.0528. The van der Waals surface area contributed by atoms with Gasteiger partial charge in [-0.2, -0.15) is 8.42 Å². The second kappa shape index (κ2) is 6.83. The second-order valence-electron chi connectivity index (χ2n) is 4.48. The molecule has 0 aliphatic heterocycles. The van der Waals surface area contributed by atoms with Gasteiger partial charge < -0.3 is 5.73 Å². The number of hydrogen-bond acceptors (Lipinski definition) is 3. The largest absolute Gasteiger partial charge is 0.383 e. The van der Waals surface area contributed by atoms with E-state index in [4.69, 9.17) is 52.1 Å². The molecule has 0 spiro atoms. The summed E-state index contributed by atoms with van der Waals surface area (Å²) in [6, 6.07) is 5.34. The summed E-state index contributed by atoms with van der Waals surface area (Å²) in [6.07, 6.45) is 0. The number of aromatic nitrogens is 1. The summed E-state index contributed by atoms with van der Waals surface area (Å²) in [6.45, 7) is 1.65. The van der Waals surface area contributed by atoms with Crippen molar-refractivity contribution in [3.8, 4) is 0 Å². The molecule has 0 aliphatic rings. The lowest BCUT2D eigenvalue weighted by Gasteiger charge is -2.07. The topological polar surface area (TPSA) is 85.4 Å². The number of hydrogen-bond donors (Lipinski definition) is 1. The lowest BCUT2D eigenvalue weighted by molar-refractivity contribution is 0.598. The second-order valence-corrected chi connectivity index (χ2v) is 7.65. The van der Waals surface area contributed by atoms with Gasteiger partial charge in [-0.1, -0.05) is 46.4 Å². The van der Waals surface area contributed by atoms with Crippen LogP contribution < -0.4 is 5.73 Å². The van der Waals surface area contributed by atoms with Crippen molar-refractivity contribution in [1.29, 1.82) is 0 Å². The van der Waals surface area contributed by atoms with Crippen LogP contribution in [0.3, 0.4) is 0 Å². The molecule has 0 radical (unpaired) electrons. The molecule has 1 aromatic carbocycles. The van der Waals surface area contributed by atoms with Crippen LogP contribution in [0.25, 0.3) is 0 Å². The van der Waals surface area contributed by atoms with E-state index in [0.717, 1.165) is 0 Å². The van der Waals surface area contributed by atoms with E-state index in [9.17, 15) is 8.42 Å². The molecule has 2 N–H and O–H groups in total. The Morgan fingerprint density at radius 2 is 1.61 bits per heavy atom. The third kappa shape index (κ3) is 4.28. The van der Waals surface area contributed by atoms with E-state index in [1.54, 1.807) is 6.92 Å². The maximum atomic E-state index is 12.4. The third-order valence-electron chi connectivity index (χ3n) is 2.77. The van der Waals surface area contributed by atoms with Crippen molar-refractivity contribution in [3.63, 3.8) is 0 Å². The Hall–Kier alpha value is -1.05. The molecule has 0 saturated heterocycles. The van der Waals surface area contributed by atoms with Crippen molar-refractivity contribution in [1.82, 2.24) is 4.98 Å². The highest BCUT2D eigenvalue weighted by Crippen LogP contribution is 2.29. The summed E-state index contributed by atoms with van der Waals surface area (Å²) < 4.78 is 28.3. The zero-order chi connectivity index (χ0) is 17.4. The van der Waals surface area contributed by atoms with Gasteiger partial charge in [-0.3, -0.25) is 0 Å². The predicted molar refractivity (Wildman–Crippen MR) is 93.4 cm³/mol. The van der Waals surface area contributed by atoms with Gasteiger partial charge in [-0.25, -0.2) is 4.98 Å². The number of halogens is 4. The van der Waals surface area contributed by atoms with E-state index in [1.165, 1.54) is 24.3 Å². The highest BCUT2D eigenvalue weighted by molar-refractivity contribution is 7.90. The Kier molecular flexibility index (Phi) is 5.43. The van der Waals surface area contributed by atoms with E-state index in [0.29, 0.717) is 10.6 Å². The fourth-order valence-corrected chi connectivity index (χ4v) is 3.90. The molecule has 2 aromatic rings. The standard InChI is InChI=1S/C13H9Cl4N3O2S/c1-6-2-10(9(15)5-8(6)14)23(21,22)20-13(18)7-3-11(16)19-12(17)4-7/h2-5H,1H3,(H2,18,20). The molecule has 0 amide bonds. The van der Waals surface area contributed by atoms with Crippen molar-refractivity contribution in [2.45, 2.75) is 11.8 Å². The van der Waals surface area contributed by atoms with Crippen molar-refractivity contribution >= 4 is 62.3 Å². The third-order valence-corrected chi connectivity index (χ3v) is 5.32. The van der Waals surface area contributed by atoms with Crippen molar-refractivity contribution in [3.05, 3.63) is 55.7 Å². The Morgan fingerprint density at radius 1 is 1.04 bits per heavy atom. The molecule has 0 aliphatic carbocycles. The molecule has 0 bridgehead atoms. The number of aryl methyl sites for hydroxylation is 1. The van der Waals surface area contributed by atoms with Crippen LogP contribution in [-0.4, -0.2) is 19.2 Å². The molecule has 0 atom stereocenters. The summed E-state index contributed by atoms with van der Waals surface area (Å²) in [5.74, 6) is -0.292. The zero-order valence-electron chi connectivity index (χ0n) is 11.5. The summed E-state index contributed by atoms with van der Waals surface area (Å²) in [7, 11) is -4.14. The lowest BCUT2D eigenvalue weighted by Crippen LogP contribution is -2.16. The molecule has 10 heteroatoms. The van der Waals surface area contributed by atoms with Gasteiger partial charge in [0, 0.05) is 10.6 Å². The van der Waals surface area contributed by atoms with E-state index in [2.05, 4.69) is 9.38 Å². The van der Waals surface area contributed by atoms with Crippen molar-refractivity contribution < 1.29 is 8.42 Å². The Balaban J connectivity index is 2.54. The molecular weight excluding hydrogens is 404 g/mol. The molecule has 0 unspecified atom stereocenters. The molecule has 0 saturated carbocycles. The first kappa shape index (κ1) is 18.3. The van der Waals surface area contributed by atoms with E-state index >= 15 is 0 Å². The van der Waals surface area contributed by atoms with Gasteiger partial charge in [-0.15, -0.1) is 4.40 Å². The average Bonchev–Trinajstić information content (AvgIpc) is 2.41. The van der Waals surface area contributed by atoms with Gasteiger partial charge >= 0.3 is 0 Å². The Labute approximate surface area is 153 Å². The van der Waals surface area contributed by atoms with Crippen LogP contribution in [-0.2, 0) is 10.0 Å². The first-order valence-corrected chi connectivity index (χ1v) is 8.95. The van der Waals surface area contributed by atoms with Gasteiger partial charge in [-0.05, 0) is 36.8 Å². The lowest BCUT2D eigenvalue weighted by atomic mass is 10.2. The van der Waals surface area contributed by atoms with Crippen LogP contribution >= 0.6 is 46.4 Å². The van der Waals surface area contributed by atoms with E-state index in [-0.39, 0.29) is 31.6 Å². The first-order valence-electron chi connectivity index (χ1n) is 5.99. The van der Waals surface area contributed by atoms with Gasteiger partial charge in [0.2, 0.25) is 0 Å². The van der Waals surface area contributed by atoms with Gasteiger partial charge in [0.15, 0.2) is 0 Å². The quantitative estimate of drug-likeness (QED) is 0.467.